The molecule has 1 aliphatic carbocycles. The van der Waals surface area contributed by atoms with Gasteiger partial charge in [-0.3, -0.25) is 9.59 Å². The number of pyridine rings is 2. The number of aromatic amines is 1. The number of Topliss-reactive ketones (excluding diaryl/α,β-unsaturated/α-hetero) is 1. The van der Waals surface area contributed by atoms with Gasteiger partial charge in [-0.1, -0.05) is 23.7 Å². The molecular formula is C30H25ClFN3O5S. The standard InChI is InChI=1S/C30H25ClFN3O5S/c1-16-9-22-25(12-23(16)32)35(13-19-11-18-5-4-17(14-36)10-24(18)34-29(19)31)28(26(37)15-41(39,40)20-6-7-20)27(22)21-3-2-8-33-30(21)38/h2-5,8-12,20,36H,6-7,13-15H2,1H3,(H,33,38). The van der Waals surface area contributed by atoms with Crippen LogP contribution in [-0.4, -0.2) is 44.8 Å². The van der Waals surface area contributed by atoms with Crippen molar-refractivity contribution >= 4 is 49.0 Å². The van der Waals surface area contributed by atoms with Crippen LogP contribution in [0.4, 0.5) is 4.39 Å². The predicted molar refractivity (Wildman–Crippen MR) is 156 cm³/mol. The normalized spacial score (nSPS) is 13.8. The maximum Gasteiger partial charge on any atom is 0.255 e. The molecule has 0 unspecified atom stereocenters. The number of nitrogens with one attached hydrogen (secondary N) is 1. The molecule has 8 nitrogen and oxygen atoms in total. The first kappa shape index (κ1) is 27.3. The largest absolute Gasteiger partial charge is 0.392 e. The van der Waals surface area contributed by atoms with E-state index < -0.39 is 38.0 Å². The zero-order chi connectivity index (χ0) is 29.1. The van der Waals surface area contributed by atoms with Crippen LogP contribution >= 0.6 is 11.6 Å². The van der Waals surface area contributed by atoms with Crippen LogP contribution in [0.15, 0.2) is 59.5 Å². The number of carbonyl (C=O) groups is 1. The average Bonchev–Trinajstić information content (AvgIpc) is 3.75. The number of nitrogens with zero attached hydrogens (tertiary/aromatic N) is 2. The van der Waals surface area contributed by atoms with Crippen molar-refractivity contribution in [1.29, 1.82) is 0 Å². The summed E-state index contributed by atoms with van der Waals surface area (Å²) in [6, 6.07) is 13.0. The van der Waals surface area contributed by atoms with Crippen molar-refractivity contribution in [2.75, 3.05) is 5.75 Å². The lowest BCUT2D eigenvalue weighted by atomic mass is 10.0. The second-order valence-electron chi connectivity index (χ2n) is 10.4. The van der Waals surface area contributed by atoms with Crippen LogP contribution in [0.25, 0.3) is 32.9 Å². The van der Waals surface area contributed by atoms with Crippen molar-refractivity contribution in [1.82, 2.24) is 14.5 Å². The molecule has 0 saturated heterocycles. The maximum absolute atomic E-state index is 15.0. The number of carbonyl (C=O) groups excluding carboxylic acids is 1. The summed E-state index contributed by atoms with van der Waals surface area (Å²) in [6.45, 7) is 1.38. The Kier molecular flexibility index (Phi) is 6.80. The van der Waals surface area contributed by atoms with E-state index in [-0.39, 0.29) is 35.1 Å². The number of hydrogen-bond acceptors (Lipinski definition) is 6. The topological polar surface area (TPSA) is 122 Å². The number of ketones is 1. The number of H-pyrrole nitrogens is 1. The molecule has 0 bridgehead atoms. The molecule has 3 heterocycles. The molecule has 2 N–H and O–H groups in total. The van der Waals surface area contributed by atoms with Crippen LogP contribution in [-0.2, 0) is 23.0 Å². The van der Waals surface area contributed by atoms with Crippen molar-refractivity contribution < 1.29 is 22.7 Å². The number of sulfone groups is 1. The van der Waals surface area contributed by atoms with Crippen molar-refractivity contribution in [3.05, 3.63) is 98.4 Å². The SMILES string of the molecule is Cc1cc2c(-c3ccc[nH]c3=O)c(C(=O)CS(=O)(=O)C3CC3)n(Cc3cc4ccc(CO)cc4nc3Cl)c2cc1F. The summed E-state index contributed by atoms with van der Waals surface area (Å²) < 4.78 is 42.4. The molecule has 41 heavy (non-hydrogen) atoms. The number of halogens is 2. The lowest BCUT2D eigenvalue weighted by Crippen LogP contribution is -2.23. The van der Waals surface area contributed by atoms with E-state index in [2.05, 4.69) is 9.97 Å². The smallest absolute Gasteiger partial charge is 0.255 e. The van der Waals surface area contributed by atoms with Gasteiger partial charge in [-0.05, 0) is 67.3 Å². The monoisotopic (exact) mass is 593 g/mol. The number of aryl methyl sites for hydroxylation is 1. The van der Waals surface area contributed by atoms with Gasteiger partial charge in [0.25, 0.3) is 5.56 Å². The lowest BCUT2D eigenvalue weighted by molar-refractivity contribution is 0.101. The van der Waals surface area contributed by atoms with Gasteiger partial charge >= 0.3 is 0 Å². The summed E-state index contributed by atoms with van der Waals surface area (Å²) in [5, 5.41) is 10.2. The molecule has 0 radical (unpaired) electrons. The van der Waals surface area contributed by atoms with Gasteiger partial charge in [-0.2, -0.15) is 0 Å². The Morgan fingerprint density at radius 2 is 1.98 bits per heavy atom. The molecular weight excluding hydrogens is 569 g/mol. The highest BCUT2D eigenvalue weighted by atomic mass is 35.5. The van der Waals surface area contributed by atoms with Crippen molar-refractivity contribution in [3.8, 4) is 11.1 Å². The third-order valence-electron chi connectivity index (χ3n) is 7.48. The molecule has 5 aromatic rings. The fraction of sp³-hybridized carbons (Fsp3) is 0.233. The number of fused-ring (bicyclic) bond motifs is 2. The van der Waals surface area contributed by atoms with Gasteiger partial charge in [-0.25, -0.2) is 17.8 Å². The third kappa shape index (κ3) is 4.96. The summed E-state index contributed by atoms with van der Waals surface area (Å²) >= 11 is 6.60. The van der Waals surface area contributed by atoms with Gasteiger partial charge in [0.2, 0.25) is 0 Å². The second kappa shape index (κ2) is 10.2. The molecule has 11 heteroatoms. The first-order chi connectivity index (χ1) is 19.6. The molecule has 1 fully saturated rings. The quantitative estimate of drug-likeness (QED) is 0.194. The van der Waals surface area contributed by atoms with Crippen molar-refractivity contribution in [2.24, 2.45) is 0 Å². The van der Waals surface area contributed by atoms with Crippen LogP contribution in [0.2, 0.25) is 5.15 Å². The van der Waals surface area contributed by atoms with Gasteiger partial charge in [0.05, 0.1) is 35.1 Å². The predicted octanol–water partition coefficient (Wildman–Crippen LogP) is 4.95. The Bertz CT molecular complexity index is 2050. The summed E-state index contributed by atoms with van der Waals surface area (Å²) in [4.78, 5) is 34.0. The minimum atomic E-state index is -3.71. The van der Waals surface area contributed by atoms with Gasteiger partial charge in [-0.15, -0.1) is 0 Å². The number of rotatable bonds is 8. The minimum Gasteiger partial charge on any atom is -0.392 e. The molecule has 1 aliphatic rings. The van der Waals surface area contributed by atoms with Crippen LogP contribution in [0.1, 0.15) is 40.0 Å². The fourth-order valence-electron chi connectivity index (χ4n) is 5.23. The van der Waals surface area contributed by atoms with Gasteiger partial charge in [0, 0.05) is 33.7 Å². The first-order valence-corrected chi connectivity index (χ1v) is 15.1. The number of benzene rings is 2. The van der Waals surface area contributed by atoms with E-state index in [9.17, 15) is 23.1 Å². The van der Waals surface area contributed by atoms with E-state index in [1.807, 2.05) is 0 Å². The van der Waals surface area contributed by atoms with E-state index >= 15 is 4.39 Å². The molecule has 0 amide bonds. The van der Waals surface area contributed by atoms with E-state index in [1.165, 1.54) is 16.8 Å². The molecule has 1 saturated carbocycles. The Hall–Kier alpha value is -3.86. The first-order valence-electron chi connectivity index (χ1n) is 13.0. The lowest BCUT2D eigenvalue weighted by Gasteiger charge is -2.14. The Labute approximate surface area is 239 Å². The van der Waals surface area contributed by atoms with E-state index in [4.69, 9.17) is 11.6 Å². The minimum absolute atomic E-state index is 0.0160. The Morgan fingerprint density at radius 1 is 1.20 bits per heavy atom. The molecule has 2 aromatic carbocycles. The highest BCUT2D eigenvalue weighted by Crippen LogP contribution is 2.38. The van der Waals surface area contributed by atoms with Crippen LogP contribution in [0, 0.1) is 12.7 Å². The maximum atomic E-state index is 15.0. The van der Waals surface area contributed by atoms with Crippen LogP contribution in [0.3, 0.4) is 0 Å². The second-order valence-corrected chi connectivity index (χ2v) is 13.0. The van der Waals surface area contributed by atoms with E-state index in [0.29, 0.717) is 46.0 Å². The molecule has 6 rings (SSSR count). The molecule has 0 aliphatic heterocycles. The number of aromatic nitrogens is 3. The molecule has 3 aromatic heterocycles. The van der Waals surface area contributed by atoms with Gasteiger partial charge in [0.15, 0.2) is 15.6 Å². The molecule has 0 spiro atoms. The van der Waals surface area contributed by atoms with Gasteiger partial charge < -0.3 is 14.7 Å². The van der Waals surface area contributed by atoms with Crippen LogP contribution < -0.4 is 5.56 Å². The van der Waals surface area contributed by atoms with Gasteiger partial charge in [0.1, 0.15) is 16.7 Å². The summed E-state index contributed by atoms with van der Waals surface area (Å²) in [5.74, 6) is -1.95. The van der Waals surface area contributed by atoms with E-state index in [1.54, 1.807) is 49.4 Å². The summed E-state index contributed by atoms with van der Waals surface area (Å²) in [6.07, 6.45) is 2.47. The number of aliphatic hydroxyl groups is 1. The zero-order valence-corrected chi connectivity index (χ0v) is 23.5. The Balaban J connectivity index is 1.62. The fourth-order valence-corrected chi connectivity index (χ4v) is 7.03. The summed E-state index contributed by atoms with van der Waals surface area (Å²) in [7, 11) is -3.71. The van der Waals surface area contributed by atoms with Crippen molar-refractivity contribution in [3.63, 3.8) is 0 Å². The van der Waals surface area contributed by atoms with E-state index in [0.717, 1.165) is 5.39 Å². The molecule has 0 atom stereocenters. The zero-order valence-electron chi connectivity index (χ0n) is 21.9. The number of hydrogen-bond donors (Lipinski definition) is 2. The highest BCUT2D eigenvalue weighted by molar-refractivity contribution is 7.93. The Morgan fingerprint density at radius 3 is 2.68 bits per heavy atom. The average molecular weight is 594 g/mol. The molecule has 210 valence electrons. The van der Waals surface area contributed by atoms with Crippen LogP contribution in [0.5, 0.6) is 0 Å². The third-order valence-corrected chi connectivity index (χ3v) is 9.96. The van der Waals surface area contributed by atoms with Crippen molar-refractivity contribution in [2.45, 2.75) is 38.2 Å². The number of aliphatic hydroxyl groups excluding tert-OH is 1. The summed E-state index contributed by atoms with van der Waals surface area (Å²) in [5.41, 5.74) is 2.25. The highest BCUT2D eigenvalue weighted by Gasteiger charge is 2.38.